The van der Waals surface area contributed by atoms with Crippen molar-refractivity contribution in [2.75, 3.05) is 26.7 Å². The Bertz CT molecular complexity index is 642. The largest absolute Gasteiger partial charge is 0.438 e. The number of carbonyl (C=O) groups excluding carboxylic acids is 1. The molecule has 1 aliphatic heterocycles. The van der Waals surface area contributed by atoms with Crippen LogP contribution in [0.5, 0.6) is 0 Å². The molecule has 0 bridgehead atoms. The molecule has 2 N–H and O–H groups in total. The molecule has 24 heavy (non-hydrogen) atoms. The summed E-state index contributed by atoms with van der Waals surface area (Å²) in [5.74, 6) is -0.382. The van der Waals surface area contributed by atoms with Gasteiger partial charge in [-0.05, 0) is 64.9 Å². The van der Waals surface area contributed by atoms with Crippen LogP contribution in [-0.2, 0) is 10.0 Å². The van der Waals surface area contributed by atoms with Crippen LogP contribution in [0.1, 0.15) is 49.6 Å². The lowest BCUT2D eigenvalue weighted by molar-refractivity contribution is 0.0918. The highest BCUT2D eigenvalue weighted by Gasteiger charge is 2.19. The number of rotatable bonds is 8. The molecule has 1 saturated heterocycles. The Morgan fingerprint density at radius 1 is 1.33 bits per heavy atom. The third kappa shape index (κ3) is 5.06. The van der Waals surface area contributed by atoms with Gasteiger partial charge in [0.25, 0.3) is 15.9 Å². The first-order valence-electron chi connectivity index (χ1n) is 8.49. The van der Waals surface area contributed by atoms with Crippen molar-refractivity contribution in [1.82, 2.24) is 14.9 Å². The molecule has 0 saturated carbocycles. The summed E-state index contributed by atoms with van der Waals surface area (Å²) in [6.45, 7) is 5.05. The molecule has 1 aliphatic rings. The third-order valence-electron chi connectivity index (χ3n) is 4.44. The summed E-state index contributed by atoms with van der Waals surface area (Å²) in [6, 6.07) is 3.30. The maximum Gasteiger partial charge on any atom is 0.287 e. The van der Waals surface area contributed by atoms with Gasteiger partial charge in [0.2, 0.25) is 5.09 Å². The van der Waals surface area contributed by atoms with Gasteiger partial charge in [-0.1, -0.05) is 6.42 Å². The number of nitrogens with one attached hydrogen (secondary N) is 2. The number of hydrogen-bond acceptors (Lipinski definition) is 5. The van der Waals surface area contributed by atoms with Crippen LogP contribution < -0.4 is 10.0 Å². The molecule has 1 unspecified atom stereocenters. The number of carbonyl (C=O) groups is 1. The molecule has 1 fully saturated rings. The SMILES string of the molecule is CNS(=O)(=O)c1ccc(C(=O)NCCCCN2CCCCC2C)o1. The summed E-state index contributed by atoms with van der Waals surface area (Å²) in [5, 5.41) is 2.51. The topological polar surface area (TPSA) is 91.6 Å². The van der Waals surface area contributed by atoms with Gasteiger partial charge in [0.1, 0.15) is 0 Å². The zero-order valence-corrected chi connectivity index (χ0v) is 15.2. The highest BCUT2D eigenvalue weighted by Crippen LogP contribution is 2.16. The first-order valence-corrected chi connectivity index (χ1v) is 9.98. The molecule has 0 spiro atoms. The Morgan fingerprint density at radius 2 is 2.12 bits per heavy atom. The van der Waals surface area contributed by atoms with Gasteiger partial charge >= 0.3 is 0 Å². The van der Waals surface area contributed by atoms with Crippen molar-refractivity contribution in [3.8, 4) is 0 Å². The van der Waals surface area contributed by atoms with Gasteiger partial charge in [-0.3, -0.25) is 4.79 Å². The molecule has 7 nitrogen and oxygen atoms in total. The second-order valence-electron chi connectivity index (χ2n) is 6.17. The highest BCUT2D eigenvalue weighted by atomic mass is 32.2. The molecule has 1 aromatic heterocycles. The fourth-order valence-electron chi connectivity index (χ4n) is 2.91. The Kier molecular flexibility index (Phi) is 6.82. The Labute approximate surface area is 143 Å². The van der Waals surface area contributed by atoms with E-state index in [9.17, 15) is 13.2 Å². The summed E-state index contributed by atoms with van der Waals surface area (Å²) in [4.78, 5) is 14.5. The van der Waals surface area contributed by atoms with E-state index in [2.05, 4.69) is 21.9 Å². The number of sulfonamides is 1. The van der Waals surface area contributed by atoms with Gasteiger partial charge in [-0.25, -0.2) is 13.1 Å². The van der Waals surface area contributed by atoms with Gasteiger partial charge in [0.05, 0.1) is 0 Å². The minimum atomic E-state index is -3.66. The van der Waals surface area contributed by atoms with Gasteiger partial charge in [0, 0.05) is 12.6 Å². The molecular weight excluding hydrogens is 330 g/mol. The molecule has 8 heteroatoms. The first kappa shape index (κ1) is 19.0. The second-order valence-corrected chi connectivity index (χ2v) is 7.99. The molecule has 1 amide bonds. The van der Waals surface area contributed by atoms with E-state index in [1.807, 2.05) is 0 Å². The molecule has 0 aromatic carbocycles. The minimum absolute atomic E-state index is 0.00785. The van der Waals surface area contributed by atoms with E-state index in [0.29, 0.717) is 12.6 Å². The van der Waals surface area contributed by atoms with Crippen molar-refractivity contribution in [3.63, 3.8) is 0 Å². The average molecular weight is 357 g/mol. The Balaban J connectivity index is 1.70. The fourth-order valence-corrected chi connectivity index (χ4v) is 3.55. The van der Waals surface area contributed by atoms with Crippen LogP contribution in [0.15, 0.2) is 21.6 Å². The number of furan rings is 1. The van der Waals surface area contributed by atoms with E-state index in [1.54, 1.807) is 0 Å². The lowest BCUT2D eigenvalue weighted by atomic mass is 10.0. The number of likely N-dealkylation sites (tertiary alicyclic amines) is 1. The zero-order valence-electron chi connectivity index (χ0n) is 14.4. The first-order chi connectivity index (χ1) is 11.4. The summed E-state index contributed by atoms with van der Waals surface area (Å²) in [6.07, 6.45) is 5.78. The van der Waals surface area contributed by atoms with Crippen LogP contribution in [-0.4, -0.2) is 51.9 Å². The number of hydrogen-bond donors (Lipinski definition) is 2. The van der Waals surface area contributed by atoms with Crippen LogP contribution in [0.2, 0.25) is 0 Å². The van der Waals surface area contributed by atoms with Crippen LogP contribution in [0.25, 0.3) is 0 Å². The van der Waals surface area contributed by atoms with Crippen molar-refractivity contribution >= 4 is 15.9 Å². The van der Waals surface area contributed by atoms with Crippen LogP contribution >= 0.6 is 0 Å². The summed E-state index contributed by atoms with van der Waals surface area (Å²) in [5.41, 5.74) is 0. The van der Waals surface area contributed by atoms with Crippen molar-refractivity contribution in [1.29, 1.82) is 0 Å². The molecule has 2 heterocycles. The molecule has 1 atom stereocenters. The number of piperidine rings is 1. The number of amides is 1. The van der Waals surface area contributed by atoms with Crippen molar-refractivity contribution < 1.29 is 17.6 Å². The monoisotopic (exact) mass is 357 g/mol. The van der Waals surface area contributed by atoms with Crippen molar-refractivity contribution in [2.24, 2.45) is 0 Å². The molecule has 0 aliphatic carbocycles. The standard InChI is InChI=1S/C16H27N3O4S/c1-13-7-3-5-11-19(13)12-6-4-10-18-16(20)14-8-9-15(23-14)24(21,22)17-2/h8-9,13,17H,3-7,10-12H2,1-2H3,(H,18,20). The average Bonchev–Trinajstić information content (AvgIpc) is 3.07. The lowest BCUT2D eigenvalue weighted by Crippen LogP contribution is -2.38. The molecule has 136 valence electrons. The Morgan fingerprint density at radius 3 is 2.83 bits per heavy atom. The van der Waals surface area contributed by atoms with Crippen molar-refractivity contribution in [3.05, 3.63) is 17.9 Å². The van der Waals surface area contributed by atoms with E-state index in [1.165, 1.54) is 45.0 Å². The maximum absolute atomic E-state index is 12.0. The predicted octanol–water partition coefficient (Wildman–Crippen LogP) is 1.57. The van der Waals surface area contributed by atoms with E-state index in [0.717, 1.165) is 19.4 Å². The minimum Gasteiger partial charge on any atom is -0.438 e. The van der Waals surface area contributed by atoms with Crippen LogP contribution in [0.3, 0.4) is 0 Å². The summed E-state index contributed by atoms with van der Waals surface area (Å²) < 4.78 is 30.4. The molecule has 2 rings (SSSR count). The fraction of sp³-hybridized carbons (Fsp3) is 0.688. The predicted molar refractivity (Wildman–Crippen MR) is 91.4 cm³/mol. The Hall–Kier alpha value is -1.38. The second kappa shape index (κ2) is 8.64. The molecular formula is C16H27N3O4S. The van der Waals surface area contributed by atoms with Gasteiger partial charge in [0.15, 0.2) is 5.76 Å². The van der Waals surface area contributed by atoms with Crippen LogP contribution in [0, 0.1) is 0 Å². The lowest BCUT2D eigenvalue weighted by Gasteiger charge is -2.33. The smallest absolute Gasteiger partial charge is 0.287 e. The third-order valence-corrected chi connectivity index (χ3v) is 5.72. The zero-order chi connectivity index (χ0) is 17.6. The van der Waals surface area contributed by atoms with E-state index in [4.69, 9.17) is 4.42 Å². The number of nitrogens with zero attached hydrogens (tertiary/aromatic N) is 1. The molecule has 0 radical (unpaired) electrons. The van der Waals surface area contributed by atoms with E-state index < -0.39 is 10.0 Å². The summed E-state index contributed by atoms with van der Waals surface area (Å²) >= 11 is 0. The summed E-state index contributed by atoms with van der Waals surface area (Å²) in [7, 11) is -2.37. The van der Waals surface area contributed by atoms with Gasteiger partial charge < -0.3 is 14.6 Å². The molecule has 1 aromatic rings. The van der Waals surface area contributed by atoms with Crippen molar-refractivity contribution in [2.45, 2.75) is 50.2 Å². The van der Waals surface area contributed by atoms with Gasteiger partial charge in [-0.2, -0.15) is 0 Å². The quantitative estimate of drug-likeness (QED) is 0.689. The normalized spacial score (nSPS) is 19.3. The van der Waals surface area contributed by atoms with Gasteiger partial charge in [-0.15, -0.1) is 0 Å². The number of unbranched alkanes of at least 4 members (excludes halogenated alkanes) is 1. The van der Waals surface area contributed by atoms with Crippen LogP contribution in [0.4, 0.5) is 0 Å². The maximum atomic E-state index is 12.0. The van der Waals surface area contributed by atoms with E-state index >= 15 is 0 Å². The van der Waals surface area contributed by atoms with E-state index in [-0.39, 0.29) is 16.8 Å². The highest BCUT2D eigenvalue weighted by molar-refractivity contribution is 7.89.